The molecule has 0 N–H and O–H groups in total. The van der Waals surface area contributed by atoms with Gasteiger partial charge in [0.1, 0.15) is 18.8 Å². The number of ether oxygens (including phenoxy) is 3. The van der Waals surface area contributed by atoms with Gasteiger partial charge in [-0.1, -0.05) is 25.3 Å². The van der Waals surface area contributed by atoms with Gasteiger partial charge in [-0.3, -0.25) is 0 Å². The van der Waals surface area contributed by atoms with Gasteiger partial charge in [0.25, 0.3) is 0 Å². The maximum absolute atomic E-state index is 12.1. The minimum Gasteiger partial charge on any atom is -0.486 e. The Bertz CT molecular complexity index is 818. The maximum Gasteiger partial charge on any atom is 0.351 e. The van der Waals surface area contributed by atoms with Gasteiger partial charge in [-0.25, -0.2) is 9.59 Å². The summed E-state index contributed by atoms with van der Waals surface area (Å²) in [6.07, 6.45) is 3.14. The van der Waals surface area contributed by atoms with Crippen molar-refractivity contribution < 1.29 is 23.4 Å². The van der Waals surface area contributed by atoms with Crippen molar-refractivity contribution >= 4 is 16.9 Å². The summed E-state index contributed by atoms with van der Waals surface area (Å²) in [4.78, 5) is 23.9. The Kier molecular flexibility index (Phi) is 5.78. The number of hydrogen-bond donors (Lipinski definition) is 0. The highest BCUT2D eigenvalue weighted by molar-refractivity contribution is 5.94. The molecule has 0 bridgehead atoms. The van der Waals surface area contributed by atoms with Crippen LogP contribution in [0.5, 0.6) is 11.5 Å². The van der Waals surface area contributed by atoms with Gasteiger partial charge in [0.2, 0.25) is 5.75 Å². The van der Waals surface area contributed by atoms with E-state index in [2.05, 4.69) is 13.2 Å². The zero-order chi connectivity index (χ0) is 17.5. The van der Waals surface area contributed by atoms with Crippen molar-refractivity contribution in [1.29, 1.82) is 0 Å². The lowest BCUT2D eigenvalue weighted by atomic mass is 10.1. The van der Waals surface area contributed by atoms with Gasteiger partial charge in [-0.15, -0.1) is 0 Å². The second kappa shape index (κ2) is 8.01. The lowest BCUT2D eigenvalue weighted by Crippen LogP contribution is -2.16. The Morgan fingerprint density at radius 2 is 1.92 bits per heavy atom. The Morgan fingerprint density at radius 1 is 1.21 bits per heavy atom. The van der Waals surface area contributed by atoms with Crippen LogP contribution in [0, 0.1) is 0 Å². The molecule has 2 aromatic rings. The van der Waals surface area contributed by atoms with Crippen LogP contribution in [0.4, 0.5) is 0 Å². The minimum absolute atomic E-state index is 0.165. The minimum atomic E-state index is -0.801. The second-order valence-corrected chi connectivity index (χ2v) is 4.68. The summed E-state index contributed by atoms with van der Waals surface area (Å²) in [5.41, 5.74) is -0.777. The summed E-state index contributed by atoms with van der Waals surface area (Å²) in [6.45, 7) is 9.46. The van der Waals surface area contributed by atoms with Crippen molar-refractivity contribution in [2.24, 2.45) is 0 Å². The summed E-state index contributed by atoms with van der Waals surface area (Å²) in [6, 6.07) is 4.75. The van der Waals surface area contributed by atoms with E-state index in [1.54, 1.807) is 31.2 Å². The molecule has 0 saturated heterocycles. The third-order valence-corrected chi connectivity index (χ3v) is 3.02. The topological polar surface area (TPSA) is 75.0 Å². The Balaban J connectivity index is 2.59. The molecule has 0 atom stereocenters. The van der Waals surface area contributed by atoms with E-state index in [1.807, 2.05) is 0 Å². The number of hydrogen-bond acceptors (Lipinski definition) is 6. The van der Waals surface area contributed by atoms with Crippen molar-refractivity contribution in [3.05, 3.63) is 59.5 Å². The number of fused-ring (bicyclic) bond motifs is 1. The predicted octanol–water partition coefficient (Wildman–Crippen LogP) is 3.10. The zero-order valence-electron chi connectivity index (χ0n) is 13.4. The molecule has 2 rings (SSSR count). The third kappa shape index (κ3) is 3.65. The van der Waals surface area contributed by atoms with Crippen molar-refractivity contribution in [1.82, 2.24) is 0 Å². The van der Waals surface area contributed by atoms with E-state index in [0.717, 1.165) is 0 Å². The molecule has 0 aliphatic rings. The fourth-order valence-corrected chi connectivity index (χ4v) is 2.03. The van der Waals surface area contributed by atoms with Crippen molar-refractivity contribution in [2.75, 3.05) is 19.8 Å². The number of rotatable bonds is 8. The predicted molar refractivity (Wildman–Crippen MR) is 89.8 cm³/mol. The first-order valence-electron chi connectivity index (χ1n) is 7.37. The summed E-state index contributed by atoms with van der Waals surface area (Å²) in [7, 11) is 0. The molecule has 126 valence electrons. The second-order valence-electron chi connectivity index (χ2n) is 4.68. The summed E-state index contributed by atoms with van der Waals surface area (Å²) in [5.74, 6) is -0.0632. The number of carbonyl (C=O) groups excluding carboxylic acids is 1. The fourth-order valence-electron chi connectivity index (χ4n) is 2.03. The molecule has 0 aliphatic heterocycles. The van der Waals surface area contributed by atoms with Crippen molar-refractivity contribution in [3.63, 3.8) is 0 Å². The van der Waals surface area contributed by atoms with Crippen LogP contribution in [0.25, 0.3) is 11.0 Å². The van der Waals surface area contributed by atoms with E-state index in [-0.39, 0.29) is 36.7 Å². The van der Waals surface area contributed by atoms with Crippen LogP contribution in [0.1, 0.15) is 17.3 Å². The van der Waals surface area contributed by atoms with Gasteiger partial charge in [0.05, 0.1) is 6.61 Å². The molecule has 0 unspecified atom stereocenters. The average molecular weight is 330 g/mol. The normalized spacial score (nSPS) is 10.2. The SMILES string of the molecule is C=CCOc1ccc2cc(C(=O)OCC)c(=O)oc2c1OCC=C. The molecule has 0 saturated carbocycles. The van der Waals surface area contributed by atoms with E-state index in [9.17, 15) is 9.59 Å². The molecule has 0 radical (unpaired) electrons. The molecule has 1 heterocycles. The number of esters is 1. The molecule has 0 fully saturated rings. The molecular weight excluding hydrogens is 312 g/mol. The van der Waals surface area contributed by atoms with E-state index in [0.29, 0.717) is 11.1 Å². The zero-order valence-corrected chi connectivity index (χ0v) is 13.4. The van der Waals surface area contributed by atoms with Crippen LogP contribution in [0.2, 0.25) is 0 Å². The summed E-state index contributed by atoms with van der Waals surface area (Å²) < 4.78 is 21.2. The van der Waals surface area contributed by atoms with Gasteiger partial charge < -0.3 is 18.6 Å². The van der Waals surface area contributed by atoms with Gasteiger partial charge in [0.15, 0.2) is 11.3 Å². The van der Waals surface area contributed by atoms with Crippen LogP contribution < -0.4 is 15.1 Å². The highest BCUT2D eigenvalue weighted by Crippen LogP contribution is 2.35. The quantitative estimate of drug-likeness (QED) is 0.420. The first-order chi connectivity index (χ1) is 11.6. The molecule has 1 aromatic heterocycles. The maximum atomic E-state index is 12.1. The van der Waals surface area contributed by atoms with Crippen LogP contribution in [-0.4, -0.2) is 25.8 Å². The fraction of sp³-hybridized carbons (Fsp3) is 0.222. The highest BCUT2D eigenvalue weighted by Gasteiger charge is 2.19. The third-order valence-electron chi connectivity index (χ3n) is 3.02. The lowest BCUT2D eigenvalue weighted by Gasteiger charge is -2.13. The average Bonchev–Trinajstić information content (AvgIpc) is 2.58. The first kappa shape index (κ1) is 17.3. The molecule has 24 heavy (non-hydrogen) atoms. The molecule has 1 aromatic carbocycles. The van der Waals surface area contributed by atoms with Crippen LogP contribution in [0.15, 0.2) is 52.7 Å². The molecule has 6 nitrogen and oxygen atoms in total. The first-order valence-corrected chi connectivity index (χ1v) is 7.37. The monoisotopic (exact) mass is 330 g/mol. The summed E-state index contributed by atoms with van der Waals surface area (Å²) in [5, 5.41) is 0.516. The smallest absolute Gasteiger partial charge is 0.351 e. The molecular formula is C18H18O6. The van der Waals surface area contributed by atoms with E-state index >= 15 is 0 Å². The standard InChI is InChI=1S/C18H18O6/c1-4-9-22-14-8-7-12-11-13(17(19)21-6-3)18(20)24-15(12)16(14)23-10-5-2/h4-5,7-8,11H,1-2,6,9-10H2,3H3. The van der Waals surface area contributed by atoms with Crippen molar-refractivity contribution in [2.45, 2.75) is 6.92 Å². The van der Waals surface area contributed by atoms with Gasteiger partial charge in [-0.2, -0.15) is 0 Å². The van der Waals surface area contributed by atoms with Crippen LogP contribution in [0.3, 0.4) is 0 Å². The molecule has 6 heteroatoms. The van der Waals surface area contributed by atoms with Crippen LogP contribution >= 0.6 is 0 Å². The number of benzene rings is 1. The number of carbonyl (C=O) groups is 1. The van der Waals surface area contributed by atoms with Crippen molar-refractivity contribution in [3.8, 4) is 11.5 Å². The van der Waals surface area contributed by atoms with Gasteiger partial charge in [0, 0.05) is 5.39 Å². The summed E-state index contributed by atoms with van der Waals surface area (Å²) >= 11 is 0. The largest absolute Gasteiger partial charge is 0.486 e. The van der Waals surface area contributed by atoms with E-state index in [1.165, 1.54) is 6.07 Å². The molecule has 0 aliphatic carbocycles. The van der Waals surface area contributed by atoms with Crippen LogP contribution in [-0.2, 0) is 4.74 Å². The molecule has 0 spiro atoms. The highest BCUT2D eigenvalue weighted by atomic mass is 16.5. The Labute approximate surface area is 138 Å². The Morgan fingerprint density at radius 3 is 2.58 bits per heavy atom. The molecule has 0 amide bonds. The Hall–Kier alpha value is -3.02. The van der Waals surface area contributed by atoms with E-state index < -0.39 is 11.6 Å². The lowest BCUT2D eigenvalue weighted by molar-refractivity contribution is 0.0521. The van der Waals surface area contributed by atoms with Gasteiger partial charge >= 0.3 is 11.6 Å². The van der Waals surface area contributed by atoms with E-state index in [4.69, 9.17) is 18.6 Å². The van der Waals surface area contributed by atoms with Gasteiger partial charge in [-0.05, 0) is 25.1 Å².